The standard InChI is InChI=1S/C36H64NO10P/c1-3-5-7-9-11-13-15-16-18-19-21-23-25-27-34(39)37-33(36(41)42)31-47-48(43,44)46-30-32(38)29-45-35(40)28-26-24-22-20-17-14-12-10-8-6-4-2/h7,9-10,12-13,15,32-33,38H,3-6,8,11,14,16-31H2,1-2H3,(H,37,39)(H,41,42)(H,43,44)/b9-7-,12-10-,15-13-. The number of hydrogen-bond donors (Lipinski definition) is 4. The summed E-state index contributed by atoms with van der Waals surface area (Å²) in [7, 11) is -4.75. The Balaban J connectivity index is 4.04. The third kappa shape index (κ3) is 31.0. The highest BCUT2D eigenvalue weighted by Crippen LogP contribution is 2.43. The summed E-state index contributed by atoms with van der Waals surface area (Å²) in [5.41, 5.74) is 0. The maximum Gasteiger partial charge on any atom is 0.472 e. The van der Waals surface area contributed by atoms with Crippen molar-refractivity contribution in [2.24, 2.45) is 0 Å². The lowest BCUT2D eigenvalue weighted by molar-refractivity contribution is -0.147. The van der Waals surface area contributed by atoms with Gasteiger partial charge in [-0.05, 0) is 57.8 Å². The minimum Gasteiger partial charge on any atom is -0.480 e. The van der Waals surface area contributed by atoms with Crippen molar-refractivity contribution >= 4 is 25.7 Å². The molecule has 4 N–H and O–H groups in total. The topological polar surface area (TPSA) is 169 Å². The average Bonchev–Trinajstić information content (AvgIpc) is 3.05. The van der Waals surface area contributed by atoms with Crippen molar-refractivity contribution < 1.29 is 47.8 Å². The molecule has 0 saturated heterocycles. The number of aliphatic hydroxyl groups is 1. The van der Waals surface area contributed by atoms with Gasteiger partial charge in [-0.3, -0.25) is 18.6 Å². The molecule has 48 heavy (non-hydrogen) atoms. The maximum atomic E-state index is 12.2. The molecule has 0 heterocycles. The van der Waals surface area contributed by atoms with Crippen LogP contribution >= 0.6 is 7.82 Å². The number of ether oxygens (including phenoxy) is 1. The first-order valence-electron chi connectivity index (χ1n) is 18.0. The van der Waals surface area contributed by atoms with Gasteiger partial charge in [-0.25, -0.2) is 9.36 Å². The van der Waals surface area contributed by atoms with Crippen LogP contribution in [-0.4, -0.2) is 64.9 Å². The molecular weight excluding hydrogens is 637 g/mol. The van der Waals surface area contributed by atoms with E-state index in [1.165, 1.54) is 12.8 Å². The lowest BCUT2D eigenvalue weighted by Crippen LogP contribution is -2.43. The molecule has 0 aromatic carbocycles. The van der Waals surface area contributed by atoms with Crippen LogP contribution in [0.15, 0.2) is 36.5 Å². The van der Waals surface area contributed by atoms with Crippen molar-refractivity contribution in [2.75, 3.05) is 19.8 Å². The molecule has 3 unspecified atom stereocenters. The largest absolute Gasteiger partial charge is 0.480 e. The van der Waals surface area contributed by atoms with Gasteiger partial charge in [-0.15, -0.1) is 0 Å². The lowest BCUT2D eigenvalue weighted by atomic mass is 10.1. The van der Waals surface area contributed by atoms with Gasteiger partial charge in [0.25, 0.3) is 0 Å². The van der Waals surface area contributed by atoms with E-state index in [0.29, 0.717) is 12.8 Å². The van der Waals surface area contributed by atoms with Crippen molar-refractivity contribution in [3.63, 3.8) is 0 Å². The Morgan fingerprint density at radius 2 is 1.19 bits per heavy atom. The summed E-state index contributed by atoms with van der Waals surface area (Å²) in [4.78, 5) is 45.6. The minimum atomic E-state index is -4.75. The highest BCUT2D eigenvalue weighted by molar-refractivity contribution is 7.47. The number of carbonyl (C=O) groups is 3. The van der Waals surface area contributed by atoms with E-state index in [0.717, 1.165) is 89.9 Å². The summed E-state index contributed by atoms with van der Waals surface area (Å²) >= 11 is 0. The Morgan fingerprint density at radius 3 is 1.79 bits per heavy atom. The van der Waals surface area contributed by atoms with Crippen LogP contribution in [0.2, 0.25) is 0 Å². The smallest absolute Gasteiger partial charge is 0.472 e. The van der Waals surface area contributed by atoms with Gasteiger partial charge in [0.05, 0.1) is 13.2 Å². The van der Waals surface area contributed by atoms with Crippen molar-refractivity contribution in [1.29, 1.82) is 0 Å². The molecule has 0 fully saturated rings. The van der Waals surface area contributed by atoms with Gasteiger partial charge in [0.1, 0.15) is 12.7 Å². The molecule has 12 heteroatoms. The fourth-order valence-corrected chi connectivity index (χ4v) is 5.28. The van der Waals surface area contributed by atoms with Crippen molar-refractivity contribution in [2.45, 2.75) is 154 Å². The van der Waals surface area contributed by atoms with Crippen molar-refractivity contribution in [3.05, 3.63) is 36.5 Å². The van der Waals surface area contributed by atoms with E-state index in [4.69, 9.17) is 13.8 Å². The van der Waals surface area contributed by atoms with Gasteiger partial charge < -0.3 is 25.2 Å². The Hall–Kier alpha value is -2.30. The number of carboxylic acid groups (broad SMARTS) is 1. The number of esters is 1. The molecule has 278 valence electrons. The van der Waals surface area contributed by atoms with E-state index in [-0.39, 0.29) is 12.8 Å². The highest BCUT2D eigenvalue weighted by Gasteiger charge is 2.28. The third-order valence-electron chi connectivity index (χ3n) is 7.38. The van der Waals surface area contributed by atoms with E-state index in [2.05, 4.69) is 55.6 Å². The second-order valence-corrected chi connectivity index (χ2v) is 13.5. The van der Waals surface area contributed by atoms with Gasteiger partial charge in [-0.2, -0.15) is 0 Å². The first-order valence-corrected chi connectivity index (χ1v) is 19.5. The molecule has 0 aliphatic heterocycles. The predicted molar refractivity (Wildman–Crippen MR) is 189 cm³/mol. The Labute approximate surface area is 289 Å². The number of carboxylic acids is 1. The molecule has 0 aliphatic rings. The lowest BCUT2D eigenvalue weighted by Gasteiger charge is -2.18. The minimum absolute atomic E-state index is 0.128. The Morgan fingerprint density at radius 1 is 0.667 bits per heavy atom. The molecule has 0 aromatic rings. The molecule has 0 radical (unpaired) electrons. The second kappa shape index (κ2) is 31.9. The van der Waals surface area contributed by atoms with E-state index >= 15 is 0 Å². The van der Waals surface area contributed by atoms with Crippen molar-refractivity contribution in [1.82, 2.24) is 5.32 Å². The van der Waals surface area contributed by atoms with Crippen LogP contribution in [0.4, 0.5) is 0 Å². The van der Waals surface area contributed by atoms with E-state index in [1.54, 1.807) is 0 Å². The summed E-state index contributed by atoms with van der Waals surface area (Å²) < 4.78 is 26.6. The molecule has 0 spiro atoms. The summed E-state index contributed by atoms with van der Waals surface area (Å²) in [6, 6.07) is -1.55. The molecular formula is C36H64NO10P. The number of carbonyl (C=O) groups excluding carboxylic acids is 2. The van der Waals surface area contributed by atoms with Gasteiger partial charge in [-0.1, -0.05) is 108 Å². The zero-order valence-electron chi connectivity index (χ0n) is 29.5. The second-order valence-electron chi connectivity index (χ2n) is 12.0. The molecule has 0 bridgehead atoms. The average molecular weight is 702 g/mol. The Kier molecular flexibility index (Phi) is 30.4. The number of aliphatic carboxylic acids is 1. The summed E-state index contributed by atoms with van der Waals surface area (Å²) in [6.07, 6.45) is 30.4. The first-order chi connectivity index (χ1) is 23.1. The highest BCUT2D eigenvalue weighted by atomic mass is 31.2. The molecule has 0 saturated carbocycles. The molecule has 3 atom stereocenters. The van der Waals surface area contributed by atoms with Crippen LogP contribution < -0.4 is 5.32 Å². The zero-order valence-corrected chi connectivity index (χ0v) is 30.4. The number of amides is 1. The van der Waals surface area contributed by atoms with E-state index in [9.17, 15) is 34.1 Å². The molecule has 1 amide bonds. The van der Waals surface area contributed by atoms with Crippen LogP contribution in [0.1, 0.15) is 142 Å². The number of rotatable bonds is 33. The summed E-state index contributed by atoms with van der Waals surface area (Å²) in [6.45, 7) is 2.42. The molecule has 0 aliphatic carbocycles. The molecule has 11 nitrogen and oxygen atoms in total. The number of phosphoric ester groups is 1. The van der Waals surface area contributed by atoms with Crippen LogP contribution in [0.25, 0.3) is 0 Å². The summed E-state index contributed by atoms with van der Waals surface area (Å²) in [5, 5.41) is 21.7. The van der Waals surface area contributed by atoms with E-state index < -0.39 is 57.6 Å². The normalized spacial score (nSPS) is 14.4. The van der Waals surface area contributed by atoms with Crippen LogP contribution in [-0.2, 0) is 32.7 Å². The SMILES string of the molecule is CCC/C=C\C/C=C\CCCCCCCC(=O)NC(COP(=O)(O)OCC(O)COC(=O)CCCCCCC/C=C\CCCC)C(=O)O. The van der Waals surface area contributed by atoms with Crippen molar-refractivity contribution in [3.8, 4) is 0 Å². The van der Waals surface area contributed by atoms with Crippen LogP contribution in [0.5, 0.6) is 0 Å². The molecule has 0 rings (SSSR count). The first kappa shape index (κ1) is 45.7. The number of nitrogens with one attached hydrogen (secondary N) is 1. The van der Waals surface area contributed by atoms with E-state index in [1.807, 2.05) is 0 Å². The van der Waals surface area contributed by atoms with Gasteiger partial charge in [0.15, 0.2) is 6.04 Å². The van der Waals surface area contributed by atoms with Crippen LogP contribution in [0, 0.1) is 0 Å². The van der Waals surface area contributed by atoms with Gasteiger partial charge >= 0.3 is 19.8 Å². The quantitative estimate of drug-likeness (QED) is 0.0227. The maximum absolute atomic E-state index is 12.2. The van der Waals surface area contributed by atoms with Gasteiger partial charge in [0.2, 0.25) is 5.91 Å². The number of allylic oxidation sites excluding steroid dienone is 6. The number of unbranched alkanes of at least 4 members (excludes halogenated alkanes) is 13. The third-order valence-corrected chi connectivity index (χ3v) is 8.33. The van der Waals surface area contributed by atoms with Gasteiger partial charge in [0, 0.05) is 12.8 Å². The predicted octanol–water partition coefficient (Wildman–Crippen LogP) is 8.10. The fourth-order valence-electron chi connectivity index (χ4n) is 4.51. The monoisotopic (exact) mass is 701 g/mol. The zero-order chi connectivity index (χ0) is 35.7. The number of phosphoric acid groups is 1. The Bertz CT molecular complexity index is 968. The molecule has 0 aromatic heterocycles. The summed E-state index contributed by atoms with van der Waals surface area (Å²) in [5.74, 6) is -2.41. The number of aliphatic hydroxyl groups excluding tert-OH is 1. The number of hydrogen-bond acceptors (Lipinski definition) is 8. The van der Waals surface area contributed by atoms with Crippen LogP contribution in [0.3, 0.4) is 0 Å². The fraction of sp³-hybridized carbons (Fsp3) is 0.750.